The zero-order valence-electron chi connectivity index (χ0n) is 8.52. The summed E-state index contributed by atoms with van der Waals surface area (Å²) in [4.78, 5) is 3.91. The van der Waals surface area contributed by atoms with Crippen molar-refractivity contribution in [2.75, 3.05) is 11.9 Å². The highest BCUT2D eigenvalue weighted by atomic mass is 79.9. The summed E-state index contributed by atoms with van der Waals surface area (Å²) in [6.45, 7) is 2.58. The molecule has 1 heterocycles. The molecule has 0 aliphatic rings. The normalized spacial score (nSPS) is 10.8. The molecule has 2 rings (SSSR count). The van der Waals surface area contributed by atoms with Crippen molar-refractivity contribution in [2.24, 2.45) is 0 Å². The number of aromatic nitrogens is 1. The van der Waals surface area contributed by atoms with Crippen LogP contribution >= 0.6 is 15.9 Å². The molecule has 0 aliphatic heterocycles. The number of benzene rings is 1. The number of nitrogens with zero attached hydrogens (tertiary/aromatic N) is 1. The largest absolute Gasteiger partial charge is 0.385 e. The molecule has 0 amide bonds. The van der Waals surface area contributed by atoms with Crippen LogP contribution in [0.5, 0.6) is 0 Å². The predicted molar refractivity (Wildman–Crippen MR) is 63.5 cm³/mol. The first-order valence-electron chi connectivity index (χ1n) is 4.81. The van der Waals surface area contributed by atoms with E-state index in [9.17, 15) is 8.78 Å². The Kier molecular flexibility index (Phi) is 3.05. The Morgan fingerprint density at radius 1 is 1.38 bits per heavy atom. The van der Waals surface area contributed by atoms with Crippen LogP contribution in [0.15, 0.2) is 22.8 Å². The third-order valence-electron chi connectivity index (χ3n) is 2.23. The molecular formula is C11H9BrF2N2. The fourth-order valence-corrected chi connectivity index (χ4v) is 2.08. The molecular weight excluding hydrogens is 278 g/mol. The first kappa shape index (κ1) is 11.3. The quantitative estimate of drug-likeness (QED) is 0.852. The molecule has 0 saturated carbocycles. The van der Waals surface area contributed by atoms with Crippen LogP contribution in [0.2, 0.25) is 0 Å². The van der Waals surface area contributed by atoms with Gasteiger partial charge in [-0.15, -0.1) is 0 Å². The lowest BCUT2D eigenvalue weighted by Gasteiger charge is -2.09. The molecule has 0 saturated heterocycles. The summed E-state index contributed by atoms with van der Waals surface area (Å²) in [5, 5.41) is 3.47. The van der Waals surface area contributed by atoms with Crippen molar-refractivity contribution in [3.05, 3.63) is 34.4 Å². The molecule has 1 aromatic carbocycles. The van der Waals surface area contributed by atoms with Crippen molar-refractivity contribution in [1.29, 1.82) is 0 Å². The number of nitrogens with one attached hydrogen (secondary N) is 1. The van der Waals surface area contributed by atoms with Crippen LogP contribution in [-0.4, -0.2) is 11.5 Å². The van der Waals surface area contributed by atoms with E-state index in [1.54, 1.807) is 6.07 Å². The maximum absolute atomic E-state index is 13.5. The van der Waals surface area contributed by atoms with E-state index < -0.39 is 11.6 Å². The van der Waals surface area contributed by atoms with Gasteiger partial charge in [-0.25, -0.2) is 8.78 Å². The van der Waals surface area contributed by atoms with E-state index in [4.69, 9.17) is 0 Å². The summed E-state index contributed by atoms with van der Waals surface area (Å²) in [5.74, 6) is -1.28. The average Bonchev–Trinajstić information content (AvgIpc) is 2.26. The lowest BCUT2D eigenvalue weighted by atomic mass is 10.1. The van der Waals surface area contributed by atoms with E-state index >= 15 is 0 Å². The van der Waals surface area contributed by atoms with Gasteiger partial charge >= 0.3 is 0 Å². The van der Waals surface area contributed by atoms with E-state index in [1.165, 1.54) is 6.20 Å². The van der Waals surface area contributed by atoms with Crippen LogP contribution < -0.4 is 5.32 Å². The minimum absolute atomic E-state index is 0.159. The Bertz CT molecular complexity index is 543. The lowest BCUT2D eigenvalue weighted by Crippen LogP contribution is -2.00. The van der Waals surface area contributed by atoms with Crippen LogP contribution in [0.1, 0.15) is 6.92 Å². The molecule has 0 atom stereocenters. The Balaban J connectivity index is 2.84. The number of rotatable bonds is 2. The summed E-state index contributed by atoms with van der Waals surface area (Å²) in [6.07, 6.45) is 1.49. The molecule has 5 heteroatoms. The third-order valence-corrected chi connectivity index (χ3v) is 3.00. The van der Waals surface area contributed by atoms with Crippen LogP contribution in [0.3, 0.4) is 0 Å². The Hall–Kier alpha value is -1.23. The van der Waals surface area contributed by atoms with E-state index in [0.29, 0.717) is 17.6 Å². The number of fused-ring (bicyclic) bond motifs is 1. The highest BCUT2D eigenvalue weighted by Crippen LogP contribution is 2.33. The monoisotopic (exact) mass is 286 g/mol. The van der Waals surface area contributed by atoms with Gasteiger partial charge < -0.3 is 5.32 Å². The Morgan fingerprint density at radius 3 is 2.81 bits per heavy atom. The van der Waals surface area contributed by atoms with Crippen LogP contribution in [0.25, 0.3) is 10.9 Å². The average molecular weight is 287 g/mol. The first-order chi connectivity index (χ1) is 7.65. The smallest absolute Gasteiger partial charge is 0.152 e. The minimum atomic E-state index is -0.657. The predicted octanol–water partition coefficient (Wildman–Crippen LogP) is 3.71. The summed E-state index contributed by atoms with van der Waals surface area (Å²) in [5.41, 5.74) is 0.824. The molecule has 0 bridgehead atoms. The van der Waals surface area contributed by atoms with Crippen molar-refractivity contribution < 1.29 is 8.78 Å². The van der Waals surface area contributed by atoms with Gasteiger partial charge in [0.15, 0.2) is 5.82 Å². The van der Waals surface area contributed by atoms with Crippen LogP contribution in [-0.2, 0) is 0 Å². The zero-order valence-corrected chi connectivity index (χ0v) is 10.1. The molecule has 2 aromatic rings. The highest BCUT2D eigenvalue weighted by Gasteiger charge is 2.14. The maximum atomic E-state index is 13.5. The van der Waals surface area contributed by atoms with E-state index in [0.717, 1.165) is 6.07 Å². The minimum Gasteiger partial charge on any atom is -0.385 e. The van der Waals surface area contributed by atoms with Crippen molar-refractivity contribution in [1.82, 2.24) is 4.98 Å². The first-order valence-corrected chi connectivity index (χ1v) is 5.60. The second-order valence-corrected chi connectivity index (χ2v) is 4.06. The van der Waals surface area contributed by atoms with Gasteiger partial charge in [0.2, 0.25) is 0 Å². The summed E-state index contributed by atoms with van der Waals surface area (Å²) >= 11 is 3.11. The van der Waals surface area contributed by atoms with Crippen LogP contribution in [0.4, 0.5) is 14.5 Å². The van der Waals surface area contributed by atoms with E-state index in [-0.39, 0.29) is 9.99 Å². The van der Waals surface area contributed by atoms with Gasteiger partial charge in [-0.3, -0.25) is 4.98 Å². The number of anilines is 1. The topological polar surface area (TPSA) is 24.9 Å². The van der Waals surface area contributed by atoms with Crippen LogP contribution in [0, 0.1) is 11.6 Å². The molecule has 0 unspecified atom stereocenters. The fourth-order valence-electron chi connectivity index (χ4n) is 1.57. The van der Waals surface area contributed by atoms with Gasteiger partial charge in [0.1, 0.15) is 11.3 Å². The van der Waals surface area contributed by atoms with Crippen molar-refractivity contribution >= 4 is 32.5 Å². The molecule has 0 fully saturated rings. The number of halogens is 3. The van der Waals surface area contributed by atoms with Crippen molar-refractivity contribution in [3.63, 3.8) is 0 Å². The standard InChI is InChI=1S/C11H9BrF2N2/c1-2-15-8-3-4-16-11-7(14)5-6(13)10(12)9(8)11/h3-5H,2H2,1H3,(H,15,16). The fraction of sp³-hybridized carbons (Fsp3) is 0.182. The van der Waals surface area contributed by atoms with Gasteiger partial charge in [-0.05, 0) is 28.9 Å². The molecule has 0 aliphatic carbocycles. The number of hydrogen-bond donors (Lipinski definition) is 1. The van der Waals surface area contributed by atoms with Gasteiger partial charge in [0.05, 0.1) is 4.47 Å². The van der Waals surface area contributed by atoms with Gasteiger partial charge in [0, 0.05) is 29.9 Å². The molecule has 0 spiro atoms. The van der Waals surface area contributed by atoms with E-state index in [1.807, 2.05) is 6.92 Å². The molecule has 84 valence electrons. The third kappa shape index (κ3) is 1.75. The summed E-state index contributed by atoms with van der Waals surface area (Å²) in [6, 6.07) is 2.52. The highest BCUT2D eigenvalue weighted by molar-refractivity contribution is 9.10. The molecule has 2 nitrogen and oxygen atoms in total. The van der Waals surface area contributed by atoms with E-state index in [2.05, 4.69) is 26.2 Å². The number of hydrogen-bond acceptors (Lipinski definition) is 2. The zero-order chi connectivity index (χ0) is 11.7. The molecule has 1 N–H and O–H groups in total. The van der Waals surface area contributed by atoms with Gasteiger partial charge in [0.25, 0.3) is 0 Å². The van der Waals surface area contributed by atoms with Crippen molar-refractivity contribution in [2.45, 2.75) is 6.92 Å². The van der Waals surface area contributed by atoms with Gasteiger partial charge in [-0.1, -0.05) is 0 Å². The SMILES string of the molecule is CCNc1ccnc2c(F)cc(F)c(Br)c12. The summed E-state index contributed by atoms with van der Waals surface area (Å²) < 4.78 is 27.1. The Morgan fingerprint density at radius 2 is 2.12 bits per heavy atom. The summed E-state index contributed by atoms with van der Waals surface area (Å²) in [7, 11) is 0. The second-order valence-electron chi connectivity index (χ2n) is 3.27. The van der Waals surface area contributed by atoms with Gasteiger partial charge in [-0.2, -0.15) is 0 Å². The maximum Gasteiger partial charge on any atom is 0.152 e. The second kappa shape index (κ2) is 4.33. The molecule has 0 radical (unpaired) electrons. The molecule has 16 heavy (non-hydrogen) atoms. The number of pyridine rings is 1. The van der Waals surface area contributed by atoms with Crippen molar-refractivity contribution in [3.8, 4) is 0 Å². The lowest BCUT2D eigenvalue weighted by molar-refractivity contribution is 0.586. The Labute approximate surface area is 99.8 Å². The molecule has 1 aromatic heterocycles.